The highest BCUT2D eigenvalue weighted by molar-refractivity contribution is 5.49. The summed E-state index contributed by atoms with van der Waals surface area (Å²) in [4.78, 5) is 15.9. The van der Waals surface area contributed by atoms with Crippen LogP contribution in [0, 0.1) is 5.21 Å². The molecular weight excluding hydrogens is 188 g/mol. The van der Waals surface area contributed by atoms with Crippen LogP contribution in [0.1, 0.15) is 6.92 Å². The second-order valence-corrected chi connectivity index (χ2v) is 2.76. The third-order valence-corrected chi connectivity index (χ3v) is 1.66. The van der Waals surface area contributed by atoms with Crippen LogP contribution >= 0.6 is 0 Å². The molecule has 1 heterocycles. The van der Waals surface area contributed by atoms with Crippen molar-refractivity contribution in [1.29, 1.82) is 0 Å². The molecule has 0 saturated heterocycles. The van der Waals surface area contributed by atoms with Crippen molar-refractivity contribution >= 4 is 11.5 Å². The van der Waals surface area contributed by atoms with Gasteiger partial charge in [-0.05, 0) is 6.92 Å². The van der Waals surface area contributed by atoms with E-state index in [1.807, 2.05) is 6.92 Å². The Hall–Kier alpha value is -1.60. The van der Waals surface area contributed by atoms with Gasteiger partial charge < -0.3 is 20.7 Å². The van der Waals surface area contributed by atoms with Crippen molar-refractivity contribution < 1.29 is 15.2 Å². The van der Waals surface area contributed by atoms with Crippen molar-refractivity contribution in [2.75, 3.05) is 18.9 Å². The van der Waals surface area contributed by atoms with E-state index in [0.717, 1.165) is 0 Å². The van der Waals surface area contributed by atoms with Crippen LogP contribution in [-0.2, 0) is 0 Å². The summed E-state index contributed by atoms with van der Waals surface area (Å²) in [6.07, 6.45) is 0. The van der Waals surface area contributed by atoms with Gasteiger partial charge in [-0.3, -0.25) is 0 Å². The van der Waals surface area contributed by atoms with Crippen LogP contribution in [0.3, 0.4) is 0 Å². The number of H-pyrrole nitrogens is 2. The number of hydrogen-bond acceptors (Lipinski definition) is 4. The summed E-state index contributed by atoms with van der Waals surface area (Å²) in [5.74, 6) is 0.237. The standard InChI is InChI=1S/C7H12N4O3/c1-3-8-5-4(11(2)14)6(12)10-7(13)9-5/h11H,3H2,1-2H3,(H3,8,9,10,12,13)/p+1. The van der Waals surface area contributed by atoms with Gasteiger partial charge in [-0.15, -0.1) is 0 Å². The van der Waals surface area contributed by atoms with Crippen LogP contribution in [-0.4, -0.2) is 23.7 Å². The van der Waals surface area contributed by atoms with Crippen molar-refractivity contribution in [3.8, 4) is 6.01 Å². The van der Waals surface area contributed by atoms with E-state index in [-0.39, 0.29) is 22.6 Å². The molecule has 0 aliphatic rings. The molecule has 1 aromatic rings. The van der Waals surface area contributed by atoms with Gasteiger partial charge in [0.05, 0.1) is 13.6 Å². The lowest BCUT2D eigenvalue weighted by molar-refractivity contribution is -0.753. The maximum atomic E-state index is 11.3. The van der Waals surface area contributed by atoms with Crippen LogP contribution < -0.4 is 20.9 Å². The summed E-state index contributed by atoms with van der Waals surface area (Å²) < 4.78 is 0. The van der Waals surface area contributed by atoms with Crippen molar-refractivity contribution in [1.82, 2.24) is 4.98 Å². The number of anilines is 1. The molecule has 1 atom stereocenters. The highest BCUT2D eigenvalue weighted by Crippen LogP contribution is 2.05. The normalized spacial score (nSPS) is 12.5. The fraction of sp³-hybridized carbons (Fsp3) is 0.429. The zero-order valence-corrected chi connectivity index (χ0v) is 7.97. The molecule has 0 fully saturated rings. The maximum absolute atomic E-state index is 11.3. The van der Waals surface area contributed by atoms with E-state index in [1.54, 1.807) is 0 Å². The molecule has 0 aromatic carbocycles. The second-order valence-electron chi connectivity index (χ2n) is 2.76. The molecule has 7 heteroatoms. The lowest BCUT2D eigenvalue weighted by Gasteiger charge is -2.14. The first kappa shape index (κ1) is 10.5. The number of nitrogens with one attached hydrogen (secondary N) is 4. The van der Waals surface area contributed by atoms with Gasteiger partial charge in [0.1, 0.15) is 0 Å². The van der Waals surface area contributed by atoms with Gasteiger partial charge in [-0.1, -0.05) is 0 Å². The number of quaternary nitrogens is 1. The van der Waals surface area contributed by atoms with Gasteiger partial charge in [0.25, 0.3) is 11.5 Å². The number of hydrogen-bond donors (Lipinski definition) is 4. The molecular formula is C7H13N4O3+. The monoisotopic (exact) mass is 201 g/mol. The Labute approximate surface area is 80.0 Å². The van der Waals surface area contributed by atoms with Gasteiger partial charge in [0.15, 0.2) is 0 Å². The Morgan fingerprint density at radius 2 is 2.36 bits per heavy atom. The number of aromatic nitrogens is 2. The molecule has 0 aliphatic heterocycles. The zero-order chi connectivity index (χ0) is 10.7. The fourth-order valence-electron chi connectivity index (χ4n) is 1.14. The smallest absolute Gasteiger partial charge is 0.395 e. The molecule has 1 unspecified atom stereocenters. The van der Waals surface area contributed by atoms with Crippen molar-refractivity contribution in [2.24, 2.45) is 0 Å². The van der Waals surface area contributed by atoms with Gasteiger partial charge >= 0.3 is 11.6 Å². The van der Waals surface area contributed by atoms with Crippen molar-refractivity contribution in [3.05, 3.63) is 15.6 Å². The van der Waals surface area contributed by atoms with Crippen LogP contribution in [0.15, 0.2) is 4.79 Å². The largest absolute Gasteiger partial charge is 0.629 e. The highest BCUT2D eigenvalue weighted by atomic mass is 16.5. The quantitative estimate of drug-likeness (QED) is 0.423. The minimum atomic E-state index is -0.607. The van der Waals surface area contributed by atoms with Crippen LogP contribution in [0.5, 0.6) is 6.01 Å². The predicted octanol–water partition coefficient (Wildman–Crippen LogP) is -2.03. The molecule has 1 rings (SSSR count). The van der Waals surface area contributed by atoms with E-state index in [0.29, 0.717) is 6.54 Å². The third kappa shape index (κ3) is 2.01. The molecule has 78 valence electrons. The summed E-state index contributed by atoms with van der Waals surface area (Å²) in [6.45, 7) is 2.36. The Kier molecular flexibility index (Phi) is 3.05. The van der Waals surface area contributed by atoms with Crippen LogP contribution in [0.2, 0.25) is 0 Å². The van der Waals surface area contributed by atoms with E-state index in [1.165, 1.54) is 7.05 Å². The van der Waals surface area contributed by atoms with Gasteiger partial charge in [-0.25, -0.2) is 14.8 Å². The van der Waals surface area contributed by atoms with Crippen LogP contribution in [0.4, 0.5) is 11.5 Å². The molecule has 5 N–H and O–H groups in total. The molecule has 0 bridgehead atoms. The lowest BCUT2D eigenvalue weighted by atomic mass is 10.4. The van der Waals surface area contributed by atoms with E-state index in [4.69, 9.17) is 5.11 Å². The predicted molar refractivity (Wildman–Crippen MR) is 49.4 cm³/mol. The SMILES string of the molecule is CCNc1[nH+]c(O)[nH]c(=O)c1[NH+](C)[O-]. The third-order valence-electron chi connectivity index (χ3n) is 1.66. The summed E-state index contributed by atoms with van der Waals surface area (Å²) >= 11 is 0. The fourth-order valence-corrected chi connectivity index (χ4v) is 1.14. The van der Waals surface area contributed by atoms with Gasteiger partial charge in [-0.2, -0.15) is 0 Å². The highest BCUT2D eigenvalue weighted by Gasteiger charge is 2.20. The molecule has 14 heavy (non-hydrogen) atoms. The lowest BCUT2D eigenvalue weighted by Crippen LogP contribution is -2.99. The molecule has 7 nitrogen and oxygen atoms in total. The number of hydroxylamine groups is 1. The number of rotatable bonds is 3. The van der Waals surface area contributed by atoms with E-state index in [2.05, 4.69) is 15.3 Å². The zero-order valence-electron chi connectivity index (χ0n) is 7.97. The maximum Gasteiger partial charge on any atom is 0.395 e. The average molecular weight is 201 g/mol. The first-order valence-corrected chi connectivity index (χ1v) is 4.19. The Morgan fingerprint density at radius 1 is 1.71 bits per heavy atom. The van der Waals surface area contributed by atoms with E-state index < -0.39 is 5.56 Å². The molecule has 0 spiro atoms. The minimum absolute atomic E-state index is 0.00958. The Morgan fingerprint density at radius 3 is 2.86 bits per heavy atom. The number of aromatic amines is 2. The molecule has 0 saturated carbocycles. The molecule has 1 aromatic heterocycles. The van der Waals surface area contributed by atoms with Gasteiger partial charge in [0, 0.05) is 0 Å². The summed E-state index contributed by atoms with van der Waals surface area (Å²) in [5.41, 5.74) is -0.616. The minimum Gasteiger partial charge on any atom is -0.629 e. The van der Waals surface area contributed by atoms with Crippen LogP contribution in [0.25, 0.3) is 0 Å². The summed E-state index contributed by atoms with van der Waals surface area (Å²) in [6, 6.07) is -0.379. The number of aromatic hydroxyl groups is 1. The van der Waals surface area contributed by atoms with Crippen molar-refractivity contribution in [2.45, 2.75) is 6.92 Å². The van der Waals surface area contributed by atoms with Crippen molar-refractivity contribution in [3.63, 3.8) is 0 Å². The molecule has 0 aliphatic carbocycles. The average Bonchev–Trinajstić information content (AvgIpc) is 2.01. The first-order valence-electron chi connectivity index (χ1n) is 4.19. The first-order chi connectivity index (χ1) is 6.56. The second kappa shape index (κ2) is 4.07. The molecule has 0 amide bonds. The summed E-state index contributed by atoms with van der Waals surface area (Å²) in [5, 5.41) is 22.6. The Bertz CT molecular complexity index is 374. The van der Waals surface area contributed by atoms with Gasteiger partial charge in [0.2, 0.25) is 0 Å². The summed E-state index contributed by atoms with van der Waals surface area (Å²) in [7, 11) is 1.29. The molecule has 0 radical (unpaired) electrons. The topological polar surface area (TPSA) is 107 Å². The Balaban J connectivity index is 3.29. The van der Waals surface area contributed by atoms with E-state index >= 15 is 0 Å². The van der Waals surface area contributed by atoms with E-state index in [9.17, 15) is 10.0 Å².